The van der Waals surface area contributed by atoms with Gasteiger partial charge >= 0.3 is 0 Å². The summed E-state index contributed by atoms with van der Waals surface area (Å²) in [6.07, 6.45) is 0. The van der Waals surface area contributed by atoms with E-state index in [0.29, 0.717) is 11.3 Å². The number of hydrogen-bond acceptors (Lipinski definition) is 2. The van der Waals surface area contributed by atoms with Gasteiger partial charge in [-0.2, -0.15) is 0 Å². The van der Waals surface area contributed by atoms with Gasteiger partial charge < -0.3 is 11.1 Å². The predicted octanol–water partition coefficient (Wildman–Crippen LogP) is 3.73. The van der Waals surface area contributed by atoms with Crippen LogP contribution in [0.2, 0.25) is 0 Å². The third kappa shape index (κ3) is 3.12. The van der Waals surface area contributed by atoms with Crippen LogP contribution in [-0.2, 0) is 0 Å². The molecule has 5 heteroatoms. The molecule has 0 aliphatic heterocycles. The molecule has 2 aromatic carbocycles. The van der Waals surface area contributed by atoms with Crippen molar-refractivity contribution >= 4 is 33.2 Å². The molecule has 19 heavy (non-hydrogen) atoms. The van der Waals surface area contributed by atoms with Crippen LogP contribution in [0.3, 0.4) is 0 Å². The van der Waals surface area contributed by atoms with Crippen LogP contribution in [0.25, 0.3) is 0 Å². The van der Waals surface area contributed by atoms with E-state index in [-0.39, 0.29) is 5.69 Å². The minimum Gasteiger partial charge on any atom is -0.398 e. The molecule has 1 amide bonds. The minimum atomic E-state index is -0.477. The quantitative estimate of drug-likeness (QED) is 0.828. The van der Waals surface area contributed by atoms with Gasteiger partial charge in [0, 0.05) is 10.2 Å². The molecule has 98 valence electrons. The van der Waals surface area contributed by atoms with Crippen LogP contribution in [0.4, 0.5) is 15.8 Å². The molecule has 0 saturated heterocycles. The molecule has 3 N–H and O–H groups in total. The Kier molecular flexibility index (Phi) is 3.85. The summed E-state index contributed by atoms with van der Waals surface area (Å²) in [5, 5.41) is 2.52. The highest BCUT2D eigenvalue weighted by Crippen LogP contribution is 2.21. The lowest BCUT2D eigenvalue weighted by Gasteiger charge is -2.09. The standard InChI is InChI=1S/C14H12BrFN2O/c1-8-2-5-11(16)13(6-8)18-14(19)10-4-3-9(15)7-12(10)17/h2-7H,17H2,1H3,(H,18,19). The molecule has 0 heterocycles. The fourth-order valence-electron chi connectivity index (χ4n) is 1.66. The number of amides is 1. The second kappa shape index (κ2) is 5.40. The van der Waals surface area contributed by atoms with Crippen LogP contribution in [0, 0.1) is 12.7 Å². The van der Waals surface area contributed by atoms with Crippen LogP contribution >= 0.6 is 15.9 Å². The molecule has 0 unspecified atom stereocenters. The molecule has 0 fully saturated rings. The third-order valence-corrected chi connectivity index (χ3v) is 3.12. The minimum absolute atomic E-state index is 0.146. The Morgan fingerprint density at radius 2 is 2.00 bits per heavy atom. The van der Waals surface area contributed by atoms with Gasteiger partial charge in [0.2, 0.25) is 0 Å². The summed E-state index contributed by atoms with van der Waals surface area (Å²) >= 11 is 3.26. The number of rotatable bonds is 2. The summed E-state index contributed by atoms with van der Waals surface area (Å²) in [7, 11) is 0. The predicted molar refractivity (Wildman–Crippen MR) is 77.6 cm³/mol. The number of nitrogens with one attached hydrogen (secondary N) is 1. The lowest BCUT2D eigenvalue weighted by Crippen LogP contribution is -2.15. The van der Waals surface area contributed by atoms with E-state index in [1.807, 2.05) is 6.92 Å². The highest BCUT2D eigenvalue weighted by Gasteiger charge is 2.12. The Morgan fingerprint density at radius 1 is 1.26 bits per heavy atom. The molecule has 0 radical (unpaired) electrons. The van der Waals surface area contributed by atoms with Crippen LogP contribution in [0.15, 0.2) is 40.9 Å². The Balaban J connectivity index is 2.28. The molecule has 0 spiro atoms. The maximum absolute atomic E-state index is 13.6. The van der Waals surface area contributed by atoms with E-state index in [9.17, 15) is 9.18 Å². The molecule has 0 aliphatic rings. The summed E-state index contributed by atoms with van der Waals surface area (Å²) in [6.45, 7) is 1.82. The number of benzene rings is 2. The van der Waals surface area contributed by atoms with E-state index in [1.54, 1.807) is 30.3 Å². The van der Waals surface area contributed by atoms with Crippen LogP contribution < -0.4 is 11.1 Å². The van der Waals surface area contributed by atoms with Crippen molar-refractivity contribution < 1.29 is 9.18 Å². The van der Waals surface area contributed by atoms with Crippen molar-refractivity contribution in [3.63, 3.8) is 0 Å². The van der Waals surface area contributed by atoms with E-state index in [2.05, 4.69) is 21.2 Å². The second-order valence-electron chi connectivity index (χ2n) is 4.17. The van der Waals surface area contributed by atoms with Gasteiger partial charge in [-0.1, -0.05) is 22.0 Å². The average Bonchev–Trinajstić information content (AvgIpc) is 2.33. The molecule has 3 nitrogen and oxygen atoms in total. The fourth-order valence-corrected chi connectivity index (χ4v) is 2.04. The number of nitrogens with two attached hydrogens (primary N) is 1. The molecule has 0 bridgehead atoms. The van der Waals surface area contributed by atoms with Gasteiger partial charge in [0.15, 0.2) is 0 Å². The highest BCUT2D eigenvalue weighted by molar-refractivity contribution is 9.10. The molecule has 0 aromatic heterocycles. The highest BCUT2D eigenvalue weighted by atomic mass is 79.9. The van der Waals surface area contributed by atoms with Crippen molar-refractivity contribution in [2.75, 3.05) is 11.1 Å². The van der Waals surface area contributed by atoms with E-state index in [0.717, 1.165) is 10.0 Å². The molecule has 2 aromatic rings. The molecular weight excluding hydrogens is 311 g/mol. The third-order valence-electron chi connectivity index (χ3n) is 2.63. The monoisotopic (exact) mass is 322 g/mol. The van der Waals surface area contributed by atoms with Crippen molar-refractivity contribution in [1.82, 2.24) is 0 Å². The normalized spacial score (nSPS) is 10.3. The first kappa shape index (κ1) is 13.5. The van der Waals surface area contributed by atoms with Gasteiger partial charge in [0.1, 0.15) is 5.82 Å². The summed E-state index contributed by atoms with van der Waals surface area (Å²) in [6, 6.07) is 9.44. The Morgan fingerprint density at radius 3 is 2.68 bits per heavy atom. The van der Waals surface area contributed by atoms with E-state index >= 15 is 0 Å². The Labute approximate surface area is 118 Å². The first-order chi connectivity index (χ1) is 8.97. The first-order valence-electron chi connectivity index (χ1n) is 5.60. The van der Waals surface area contributed by atoms with Gasteiger partial charge in [-0.3, -0.25) is 4.79 Å². The number of nitrogen functional groups attached to an aromatic ring is 1. The number of aryl methyl sites for hydroxylation is 1. The lowest BCUT2D eigenvalue weighted by atomic mass is 10.1. The fraction of sp³-hybridized carbons (Fsp3) is 0.0714. The summed E-state index contributed by atoms with van der Waals surface area (Å²) in [4.78, 5) is 12.0. The van der Waals surface area contributed by atoms with Crippen molar-refractivity contribution in [3.8, 4) is 0 Å². The first-order valence-corrected chi connectivity index (χ1v) is 6.39. The van der Waals surface area contributed by atoms with E-state index < -0.39 is 11.7 Å². The SMILES string of the molecule is Cc1ccc(F)c(NC(=O)c2ccc(Br)cc2N)c1. The number of halogens is 2. The summed E-state index contributed by atoms with van der Waals surface area (Å²) in [5.41, 5.74) is 7.41. The molecular formula is C14H12BrFN2O. The maximum Gasteiger partial charge on any atom is 0.257 e. The van der Waals surface area contributed by atoms with Gasteiger partial charge in [0.05, 0.1) is 11.3 Å². The van der Waals surface area contributed by atoms with Crippen molar-refractivity contribution in [2.45, 2.75) is 6.92 Å². The molecule has 2 rings (SSSR count). The molecule has 0 saturated carbocycles. The van der Waals surface area contributed by atoms with Gasteiger partial charge in [0.25, 0.3) is 5.91 Å². The number of hydrogen-bond donors (Lipinski definition) is 2. The number of carbonyl (C=O) groups excluding carboxylic acids is 1. The molecule has 0 atom stereocenters. The van der Waals surface area contributed by atoms with E-state index in [1.165, 1.54) is 6.07 Å². The topological polar surface area (TPSA) is 55.1 Å². The van der Waals surface area contributed by atoms with Crippen LogP contribution in [0.1, 0.15) is 15.9 Å². The Hall–Kier alpha value is -1.88. The van der Waals surface area contributed by atoms with Crippen molar-refractivity contribution in [2.24, 2.45) is 0 Å². The maximum atomic E-state index is 13.6. The Bertz CT molecular complexity index is 643. The van der Waals surface area contributed by atoms with Gasteiger partial charge in [-0.15, -0.1) is 0 Å². The smallest absolute Gasteiger partial charge is 0.257 e. The zero-order valence-corrected chi connectivity index (χ0v) is 11.8. The number of carbonyl (C=O) groups is 1. The summed E-state index contributed by atoms with van der Waals surface area (Å²) in [5.74, 6) is -0.913. The van der Waals surface area contributed by atoms with Crippen LogP contribution in [0.5, 0.6) is 0 Å². The number of anilines is 2. The summed E-state index contributed by atoms with van der Waals surface area (Å²) < 4.78 is 14.3. The molecule has 0 aliphatic carbocycles. The van der Waals surface area contributed by atoms with Crippen molar-refractivity contribution in [3.05, 3.63) is 57.8 Å². The lowest BCUT2D eigenvalue weighted by molar-refractivity contribution is 0.102. The van der Waals surface area contributed by atoms with Gasteiger partial charge in [-0.25, -0.2) is 4.39 Å². The zero-order chi connectivity index (χ0) is 14.0. The zero-order valence-electron chi connectivity index (χ0n) is 10.2. The largest absolute Gasteiger partial charge is 0.398 e. The second-order valence-corrected chi connectivity index (χ2v) is 5.08. The van der Waals surface area contributed by atoms with Crippen molar-refractivity contribution in [1.29, 1.82) is 0 Å². The van der Waals surface area contributed by atoms with Crippen LogP contribution in [-0.4, -0.2) is 5.91 Å². The van der Waals surface area contributed by atoms with E-state index in [4.69, 9.17) is 5.73 Å². The van der Waals surface area contributed by atoms with Gasteiger partial charge in [-0.05, 0) is 42.8 Å². The average molecular weight is 323 g/mol.